The van der Waals surface area contributed by atoms with E-state index in [-0.39, 0.29) is 36.3 Å². The van der Waals surface area contributed by atoms with Gasteiger partial charge < -0.3 is 4.74 Å². The third-order valence-corrected chi connectivity index (χ3v) is 6.24. The van der Waals surface area contributed by atoms with Gasteiger partial charge in [0.1, 0.15) is 0 Å². The Morgan fingerprint density at radius 1 is 1.39 bits per heavy atom. The first-order chi connectivity index (χ1) is 10.9. The SMILES string of the molecule is CCOC(=O)CC1CN(S(=O)(=O)c2ccc(C)cc2)C/C1=C/Br. The van der Waals surface area contributed by atoms with E-state index in [1.807, 2.05) is 6.92 Å². The van der Waals surface area contributed by atoms with Crippen LogP contribution in [0.1, 0.15) is 18.9 Å². The first-order valence-corrected chi connectivity index (χ1v) is 9.75. The number of halogens is 1. The molecule has 126 valence electrons. The quantitative estimate of drug-likeness (QED) is 0.711. The van der Waals surface area contributed by atoms with Crippen LogP contribution in [-0.4, -0.2) is 38.4 Å². The van der Waals surface area contributed by atoms with Crippen molar-refractivity contribution in [2.24, 2.45) is 5.92 Å². The van der Waals surface area contributed by atoms with Crippen molar-refractivity contribution in [2.75, 3.05) is 19.7 Å². The molecule has 1 fully saturated rings. The van der Waals surface area contributed by atoms with Gasteiger partial charge in [-0.3, -0.25) is 4.79 Å². The molecule has 1 atom stereocenters. The molecule has 1 unspecified atom stereocenters. The van der Waals surface area contributed by atoms with Gasteiger partial charge >= 0.3 is 5.97 Å². The lowest BCUT2D eigenvalue weighted by molar-refractivity contribution is -0.143. The predicted octanol–water partition coefficient (Wildman–Crippen LogP) is 2.85. The van der Waals surface area contributed by atoms with Crippen LogP contribution < -0.4 is 0 Å². The van der Waals surface area contributed by atoms with Crippen LogP contribution in [0.2, 0.25) is 0 Å². The van der Waals surface area contributed by atoms with E-state index < -0.39 is 10.0 Å². The van der Waals surface area contributed by atoms with Crippen molar-refractivity contribution in [2.45, 2.75) is 25.2 Å². The standard InChI is InChI=1S/C16H20BrNO4S/c1-3-22-16(19)8-13-10-18(11-14(13)9-17)23(20,21)15-6-4-12(2)5-7-15/h4-7,9,13H,3,8,10-11H2,1-2H3/b14-9-. The van der Waals surface area contributed by atoms with Gasteiger partial charge in [0, 0.05) is 19.0 Å². The summed E-state index contributed by atoms with van der Waals surface area (Å²) in [6, 6.07) is 6.78. The summed E-state index contributed by atoms with van der Waals surface area (Å²) >= 11 is 3.27. The number of carbonyl (C=O) groups excluding carboxylic acids is 1. The highest BCUT2D eigenvalue weighted by molar-refractivity contribution is 9.11. The molecule has 1 aromatic carbocycles. The Morgan fingerprint density at radius 2 is 2.04 bits per heavy atom. The maximum atomic E-state index is 12.7. The maximum Gasteiger partial charge on any atom is 0.306 e. The summed E-state index contributed by atoms with van der Waals surface area (Å²) in [5.74, 6) is -0.465. The van der Waals surface area contributed by atoms with E-state index in [1.54, 1.807) is 36.2 Å². The van der Waals surface area contributed by atoms with E-state index in [1.165, 1.54) is 4.31 Å². The van der Waals surface area contributed by atoms with Crippen LogP contribution in [0.4, 0.5) is 0 Å². The summed E-state index contributed by atoms with van der Waals surface area (Å²) in [4.78, 5) is 13.7. The molecule has 1 aromatic rings. The topological polar surface area (TPSA) is 63.7 Å². The fourth-order valence-corrected chi connectivity index (χ4v) is 4.54. The Kier molecular flexibility index (Phi) is 6.00. The van der Waals surface area contributed by atoms with Gasteiger partial charge in [0.05, 0.1) is 17.9 Å². The molecule has 0 amide bonds. The van der Waals surface area contributed by atoms with Crippen LogP contribution in [0, 0.1) is 12.8 Å². The summed E-state index contributed by atoms with van der Waals surface area (Å²) in [5, 5.41) is 0. The maximum absolute atomic E-state index is 12.7. The van der Waals surface area contributed by atoms with Crippen LogP contribution >= 0.6 is 15.9 Å². The minimum absolute atomic E-state index is 0.159. The minimum atomic E-state index is -3.56. The van der Waals surface area contributed by atoms with Crippen molar-refractivity contribution >= 4 is 31.9 Å². The van der Waals surface area contributed by atoms with Crippen molar-refractivity contribution in [3.63, 3.8) is 0 Å². The van der Waals surface area contributed by atoms with E-state index >= 15 is 0 Å². The predicted molar refractivity (Wildman–Crippen MR) is 91.7 cm³/mol. The Hall–Kier alpha value is -1.18. The van der Waals surface area contributed by atoms with Gasteiger partial charge in [-0.1, -0.05) is 33.6 Å². The Labute approximate surface area is 145 Å². The number of nitrogens with zero attached hydrogens (tertiary/aromatic N) is 1. The third kappa shape index (κ3) is 4.22. The lowest BCUT2D eigenvalue weighted by Gasteiger charge is -2.16. The number of rotatable bonds is 5. The van der Waals surface area contributed by atoms with E-state index in [0.29, 0.717) is 6.61 Å². The van der Waals surface area contributed by atoms with Crippen LogP contribution in [0.5, 0.6) is 0 Å². The number of esters is 1. The molecule has 2 rings (SSSR count). The molecule has 5 nitrogen and oxygen atoms in total. The molecule has 23 heavy (non-hydrogen) atoms. The summed E-state index contributed by atoms with van der Waals surface area (Å²) < 4.78 is 31.8. The molecule has 1 aliphatic rings. The number of ether oxygens (including phenoxy) is 1. The van der Waals surface area contributed by atoms with E-state index in [2.05, 4.69) is 15.9 Å². The molecule has 0 saturated carbocycles. The third-order valence-electron chi connectivity index (χ3n) is 3.82. The fourth-order valence-electron chi connectivity index (χ4n) is 2.54. The number of aryl methyl sites for hydroxylation is 1. The molecule has 0 bridgehead atoms. The Morgan fingerprint density at radius 3 is 2.61 bits per heavy atom. The van der Waals surface area contributed by atoms with Crippen molar-refractivity contribution in [1.29, 1.82) is 0 Å². The molecule has 1 aliphatic heterocycles. The summed E-state index contributed by atoms with van der Waals surface area (Å²) in [7, 11) is -3.56. The van der Waals surface area contributed by atoms with E-state index in [4.69, 9.17) is 4.74 Å². The van der Waals surface area contributed by atoms with E-state index in [0.717, 1.165) is 11.1 Å². The molecular weight excluding hydrogens is 382 g/mol. The second-order valence-electron chi connectivity index (χ2n) is 5.50. The highest BCUT2D eigenvalue weighted by Gasteiger charge is 2.36. The minimum Gasteiger partial charge on any atom is -0.466 e. The monoisotopic (exact) mass is 401 g/mol. The van der Waals surface area contributed by atoms with Gasteiger partial charge in [-0.15, -0.1) is 0 Å². The highest BCUT2D eigenvalue weighted by atomic mass is 79.9. The van der Waals surface area contributed by atoms with Gasteiger partial charge in [-0.05, 0) is 36.5 Å². The van der Waals surface area contributed by atoms with Gasteiger partial charge in [-0.2, -0.15) is 4.31 Å². The molecule has 0 spiro atoms. The molecule has 0 aromatic heterocycles. The van der Waals surface area contributed by atoms with Crippen LogP contribution in [0.15, 0.2) is 39.7 Å². The highest BCUT2D eigenvalue weighted by Crippen LogP contribution is 2.31. The molecule has 1 saturated heterocycles. The normalized spacial score (nSPS) is 20.8. The molecular formula is C16H20BrNO4S. The first kappa shape index (κ1) is 18.2. The zero-order chi connectivity index (χ0) is 17.0. The second kappa shape index (κ2) is 7.59. The van der Waals surface area contributed by atoms with E-state index in [9.17, 15) is 13.2 Å². The van der Waals surface area contributed by atoms with Crippen LogP contribution in [-0.2, 0) is 19.6 Å². The number of hydrogen-bond acceptors (Lipinski definition) is 4. The van der Waals surface area contributed by atoms with Crippen molar-refractivity contribution in [3.05, 3.63) is 40.4 Å². The molecule has 0 radical (unpaired) electrons. The van der Waals surface area contributed by atoms with Crippen molar-refractivity contribution in [3.8, 4) is 0 Å². The zero-order valence-electron chi connectivity index (χ0n) is 13.2. The second-order valence-corrected chi connectivity index (χ2v) is 7.90. The van der Waals surface area contributed by atoms with Gasteiger partial charge in [0.2, 0.25) is 10.0 Å². The van der Waals surface area contributed by atoms with Gasteiger partial charge in [0.25, 0.3) is 0 Å². The molecule has 7 heteroatoms. The molecule has 0 N–H and O–H groups in total. The zero-order valence-corrected chi connectivity index (χ0v) is 15.6. The van der Waals surface area contributed by atoms with Crippen LogP contribution in [0.3, 0.4) is 0 Å². The number of benzene rings is 1. The largest absolute Gasteiger partial charge is 0.466 e. The number of sulfonamides is 1. The smallest absolute Gasteiger partial charge is 0.306 e. The van der Waals surface area contributed by atoms with Gasteiger partial charge in [-0.25, -0.2) is 8.42 Å². The van der Waals surface area contributed by atoms with Gasteiger partial charge in [0.15, 0.2) is 0 Å². The van der Waals surface area contributed by atoms with Crippen molar-refractivity contribution < 1.29 is 17.9 Å². The summed E-state index contributed by atoms with van der Waals surface area (Å²) in [5.41, 5.74) is 1.89. The first-order valence-electron chi connectivity index (χ1n) is 7.40. The summed E-state index contributed by atoms with van der Waals surface area (Å²) in [6.07, 6.45) is 0.186. The van der Waals surface area contributed by atoms with Crippen molar-refractivity contribution in [1.82, 2.24) is 4.31 Å². The molecule has 0 aliphatic carbocycles. The van der Waals surface area contributed by atoms with Crippen LogP contribution in [0.25, 0.3) is 0 Å². The average Bonchev–Trinajstić information content (AvgIpc) is 2.91. The number of hydrogen-bond donors (Lipinski definition) is 0. The lowest BCUT2D eigenvalue weighted by Crippen LogP contribution is -2.29. The molecule has 1 heterocycles. The fraction of sp³-hybridized carbons (Fsp3) is 0.438. The Bertz CT molecular complexity index is 697. The summed E-state index contributed by atoms with van der Waals surface area (Å²) in [6.45, 7) is 4.55. The Balaban J connectivity index is 2.18. The number of carbonyl (C=O) groups is 1. The average molecular weight is 402 g/mol. The lowest BCUT2D eigenvalue weighted by atomic mass is 10.0.